The van der Waals surface area contributed by atoms with Crippen LogP contribution in [0.3, 0.4) is 0 Å². The van der Waals surface area contributed by atoms with Gasteiger partial charge >= 0.3 is 0 Å². The normalized spacial score (nSPS) is 13.2. The second kappa shape index (κ2) is 8.89. The zero-order valence-corrected chi connectivity index (χ0v) is 12.8. The van der Waals surface area contributed by atoms with E-state index in [2.05, 4.69) is 0 Å². The van der Waals surface area contributed by atoms with Crippen molar-refractivity contribution in [2.75, 3.05) is 20.2 Å². The molecule has 0 saturated heterocycles. The first kappa shape index (κ1) is 18.8. The summed E-state index contributed by atoms with van der Waals surface area (Å²) in [7, 11) is 1.46. The molecule has 0 spiro atoms. The third-order valence-corrected chi connectivity index (χ3v) is 3.22. The highest BCUT2D eigenvalue weighted by molar-refractivity contribution is 5.85. The van der Waals surface area contributed by atoms with E-state index in [-0.39, 0.29) is 36.7 Å². The Balaban J connectivity index is 0.00000361. The molecule has 0 aromatic heterocycles. The lowest BCUT2D eigenvalue weighted by Crippen LogP contribution is -2.44. The third-order valence-electron chi connectivity index (χ3n) is 3.22. The summed E-state index contributed by atoms with van der Waals surface area (Å²) in [5, 5.41) is 0. The van der Waals surface area contributed by atoms with Crippen LogP contribution in [0.4, 0.5) is 4.39 Å². The molecule has 114 valence electrons. The van der Waals surface area contributed by atoms with Gasteiger partial charge in [-0.3, -0.25) is 4.79 Å². The van der Waals surface area contributed by atoms with Crippen LogP contribution in [0.5, 0.6) is 0 Å². The molecule has 1 amide bonds. The lowest BCUT2D eigenvalue weighted by molar-refractivity contribution is -0.143. The molecule has 0 heterocycles. The van der Waals surface area contributed by atoms with Crippen LogP contribution >= 0.6 is 12.4 Å². The summed E-state index contributed by atoms with van der Waals surface area (Å²) in [5.41, 5.74) is 6.39. The predicted octanol–water partition coefficient (Wildman–Crippen LogP) is 2.13. The largest absolute Gasteiger partial charge is 0.370 e. The number of nitrogens with two attached hydrogens (primary N) is 1. The van der Waals surface area contributed by atoms with Gasteiger partial charge in [0.2, 0.25) is 0 Å². The zero-order valence-electron chi connectivity index (χ0n) is 12.0. The second-order valence-electron chi connectivity index (χ2n) is 4.31. The molecular weight excluding hydrogens is 283 g/mol. The number of carbonyl (C=O) groups is 1. The fraction of sp³-hybridized carbons (Fsp3) is 0.500. The monoisotopic (exact) mass is 304 g/mol. The van der Waals surface area contributed by atoms with Crippen LogP contribution in [-0.2, 0) is 9.53 Å². The molecule has 0 saturated carbocycles. The smallest absolute Gasteiger partial charge is 0.253 e. The summed E-state index contributed by atoms with van der Waals surface area (Å²) in [5.74, 6) is -0.439. The van der Waals surface area contributed by atoms with Crippen molar-refractivity contribution in [2.45, 2.75) is 26.0 Å². The van der Waals surface area contributed by atoms with Crippen LogP contribution in [0.2, 0.25) is 0 Å². The first-order valence-electron chi connectivity index (χ1n) is 6.33. The number of hydrogen-bond donors (Lipinski definition) is 1. The highest BCUT2D eigenvalue weighted by Gasteiger charge is 2.26. The molecule has 1 aromatic carbocycles. The Morgan fingerprint density at radius 1 is 1.40 bits per heavy atom. The van der Waals surface area contributed by atoms with Crippen molar-refractivity contribution in [3.8, 4) is 0 Å². The van der Waals surface area contributed by atoms with E-state index in [1.165, 1.54) is 19.2 Å². The number of carbonyl (C=O) groups excluding carboxylic acids is 1. The van der Waals surface area contributed by atoms with Gasteiger partial charge in [0.05, 0.1) is 6.04 Å². The maximum absolute atomic E-state index is 12.9. The number of nitrogens with zero attached hydrogens (tertiary/aromatic N) is 1. The highest BCUT2D eigenvalue weighted by Crippen LogP contribution is 2.21. The minimum Gasteiger partial charge on any atom is -0.370 e. The molecule has 0 fully saturated rings. The topological polar surface area (TPSA) is 55.6 Å². The van der Waals surface area contributed by atoms with Crippen molar-refractivity contribution in [1.82, 2.24) is 4.90 Å². The Morgan fingerprint density at radius 3 is 2.35 bits per heavy atom. The van der Waals surface area contributed by atoms with Gasteiger partial charge in [-0.2, -0.15) is 0 Å². The average Bonchev–Trinajstić information content (AvgIpc) is 2.41. The average molecular weight is 305 g/mol. The fourth-order valence-corrected chi connectivity index (χ4v) is 2.02. The standard InChI is InChI=1S/C14H21FN2O2.ClH/c1-4-17(14(18)13(9-16)19-3)10(2)11-5-7-12(15)8-6-11;/h5-8,10,13H,4,9,16H2,1-3H3;1H. The number of benzene rings is 1. The van der Waals surface area contributed by atoms with Crippen LogP contribution in [0, 0.1) is 5.82 Å². The van der Waals surface area contributed by atoms with Gasteiger partial charge in [-0.15, -0.1) is 12.4 Å². The predicted molar refractivity (Wildman–Crippen MR) is 79.3 cm³/mol. The van der Waals surface area contributed by atoms with Crippen LogP contribution in [0.1, 0.15) is 25.5 Å². The molecule has 1 rings (SSSR count). The van der Waals surface area contributed by atoms with E-state index < -0.39 is 6.10 Å². The van der Waals surface area contributed by atoms with Crippen molar-refractivity contribution in [1.29, 1.82) is 0 Å². The van der Waals surface area contributed by atoms with Crippen LogP contribution < -0.4 is 5.73 Å². The lowest BCUT2D eigenvalue weighted by Gasteiger charge is -2.31. The van der Waals surface area contributed by atoms with Gasteiger partial charge in [0.25, 0.3) is 5.91 Å². The van der Waals surface area contributed by atoms with E-state index in [1.807, 2.05) is 13.8 Å². The van der Waals surface area contributed by atoms with E-state index in [4.69, 9.17) is 10.5 Å². The van der Waals surface area contributed by atoms with Crippen LogP contribution in [-0.4, -0.2) is 37.1 Å². The Kier molecular flexibility index (Phi) is 8.37. The summed E-state index contributed by atoms with van der Waals surface area (Å²) >= 11 is 0. The quantitative estimate of drug-likeness (QED) is 0.876. The molecule has 2 atom stereocenters. The van der Waals surface area contributed by atoms with Crippen LogP contribution in [0.25, 0.3) is 0 Å². The number of halogens is 2. The molecule has 4 nitrogen and oxygen atoms in total. The summed E-state index contributed by atoms with van der Waals surface area (Å²) < 4.78 is 18.0. The first-order valence-corrected chi connectivity index (χ1v) is 6.33. The molecular formula is C14H22ClFN2O2. The molecule has 6 heteroatoms. The van der Waals surface area contributed by atoms with E-state index >= 15 is 0 Å². The van der Waals surface area contributed by atoms with Gasteiger partial charge in [-0.25, -0.2) is 4.39 Å². The number of ether oxygens (including phenoxy) is 1. The minimum absolute atomic E-state index is 0. The number of rotatable bonds is 6. The van der Waals surface area contributed by atoms with Crippen molar-refractivity contribution >= 4 is 18.3 Å². The molecule has 0 bridgehead atoms. The Morgan fingerprint density at radius 2 is 1.95 bits per heavy atom. The molecule has 0 radical (unpaired) electrons. The molecule has 0 aliphatic rings. The fourth-order valence-electron chi connectivity index (χ4n) is 2.02. The lowest BCUT2D eigenvalue weighted by atomic mass is 10.1. The molecule has 1 aromatic rings. The van der Waals surface area contributed by atoms with Gasteiger partial charge in [-0.05, 0) is 31.5 Å². The van der Waals surface area contributed by atoms with Crippen molar-refractivity contribution in [3.05, 3.63) is 35.6 Å². The maximum Gasteiger partial charge on any atom is 0.253 e. The molecule has 0 aliphatic carbocycles. The van der Waals surface area contributed by atoms with Crippen molar-refractivity contribution in [3.63, 3.8) is 0 Å². The van der Waals surface area contributed by atoms with E-state index in [9.17, 15) is 9.18 Å². The molecule has 2 unspecified atom stereocenters. The molecule has 2 N–H and O–H groups in total. The van der Waals surface area contributed by atoms with Gasteiger partial charge in [0, 0.05) is 20.2 Å². The highest BCUT2D eigenvalue weighted by atomic mass is 35.5. The van der Waals surface area contributed by atoms with Crippen LogP contribution in [0.15, 0.2) is 24.3 Å². The van der Waals surface area contributed by atoms with Gasteiger partial charge in [-0.1, -0.05) is 12.1 Å². The van der Waals surface area contributed by atoms with E-state index in [1.54, 1.807) is 17.0 Å². The van der Waals surface area contributed by atoms with E-state index in [0.717, 1.165) is 5.56 Å². The number of hydrogen-bond acceptors (Lipinski definition) is 3. The first-order chi connectivity index (χ1) is 9.04. The number of methoxy groups -OCH3 is 1. The Hall–Kier alpha value is -1.17. The minimum atomic E-state index is -0.636. The Labute approximate surface area is 125 Å². The zero-order chi connectivity index (χ0) is 14.4. The van der Waals surface area contributed by atoms with Gasteiger partial charge < -0.3 is 15.4 Å². The Bertz CT molecular complexity index is 410. The molecule has 0 aliphatic heterocycles. The summed E-state index contributed by atoms with van der Waals surface area (Å²) in [6.45, 7) is 4.47. The maximum atomic E-state index is 12.9. The number of likely N-dealkylation sites (N-methyl/N-ethyl adjacent to an activating group) is 1. The van der Waals surface area contributed by atoms with Crippen molar-refractivity contribution in [2.24, 2.45) is 5.73 Å². The third kappa shape index (κ3) is 4.44. The van der Waals surface area contributed by atoms with Crippen molar-refractivity contribution < 1.29 is 13.9 Å². The number of amides is 1. The molecule has 20 heavy (non-hydrogen) atoms. The summed E-state index contributed by atoms with van der Waals surface area (Å²) in [6, 6.07) is 5.99. The van der Waals surface area contributed by atoms with Gasteiger partial charge in [0.15, 0.2) is 0 Å². The van der Waals surface area contributed by atoms with Gasteiger partial charge in [0.1, 0.15) is 11.9 Å². The second-order valence-corrected chi connectivity index (χ2v) is 4.31. The SMILES string of the molecule is CCN(C(=O)C(CN)OC)C(C)c1ccc(F)cc1.Cl. The van der Waals surface area contributed by atoms with E-state index in [0.29, 0.717) is 6.54 Å². The summed E-state index contributed by atoms with van der Waals surface area (Å²) in [6.07, 6.45) is -0.636. The summed E-state index contributed by atoms with van der Waals surface area (Å²) in [4.78, 5) is 13.9.